The molecule has 0 fully saturated rings. The zero-order chi connectivity index (χ0) is 18.6. The number of non-ortho nitro benzene ring substituents is 1. The molecular formula is C16H11N7O3S. The maximum Gasteiger partial charge on any atom is 0.269 e. The van der Waals surface area contributed by atoms with Crippen LogP contribution in [0.4, 0.5) is 5.69 Å². The van der Waals surface area contributed by atoms with Crippen LogP contribution in [0.5, 0.6) is 0 Å². The number of nitrogens with zero attached hydrogens (tertiary/aromatic N) is 7. The molecule has 4 aromatic rings. The Hall–Kier alpha value is -3.60. The van der Waals surface area contributed by atoms with Crippen molar-refractivity contribution in [2.75, 3.05) is 0 Å². The van der Waals surface area contributed by atoms with E-state index in [1.54, 1.807) is 16.8 Å². The van der Waals surface area contributed by atoms with Crippen molar-refractivity contribution in [1.29, 1.82) is 0 Å². The second kappa shape index (κ2) is 7.33. The molecular weight excluding hydrogens is 370 g/mol. The lowest BCUT2D eigenvalue weighted by atomic mass is 10.2. The van der Waals surface area contributed by atoms with Gasteiger partial charge in [0.1, 0.15) is 0 Å². The van der Waals surface area contributed by atoms with Crippen LogP contribution in [0.15, 0.2) is 64.2 Å². The Morgan fingerprint density at radius 2 is 1.81 bits per heavy atom. The molecule has 0 N–H and O–H groups in total. The first-order chi connectivity index (χ1) is 13.2. The summed E-state index contributed by atoms with van der Waals surface area (Å²) >= 11 is 1.36. The molecule has 0 amide bonds. The van der Waals surface area contributed by atoms with Crippen LogP contribution in [-0.4, -0.2) is 35.3 Å². The Morgan fingerprint density at radius 1 is 1.04 bits per heavy atom. The van der Waals surface area contributed by atoms with Gasteiger partial charge in [-0.05, 0) is 34.7 Å². The summed E-state index contributed by atoms with van der Waals surface area (Å²) in [4.78, 5) is 10.3. The molecule has 0 radical (unpaired) electrons. The van der Waals surface area contributed by atoms with Gasteiger partial charge in [-0.15, -0.1) is 15.3 Å². The Morgan fingerprint density at radius 3 is 2.56 bits per heavy atom. The fourth-order valence-electron chi connectivity index (χ4n) is 2.28. The number of para-hydroxylation sites is 1. The molecule has 0 unspecified atom stereocenters. The van der Waals surface area contributed by atoms with Gasteiger partial charge in [0.15, 0.2) is 0 Å². The number of benzene rings is 2. The standard InChI is InChI=1S/C16H11N7O3S/c24-23(25)13-8-6-11(7-9-13)15-18-17-14(26-15)10-27-16-19-20-21-22(16)12-4-2-1-3-5-12/h1-9H,10H2. The lowest BCUT2D eigenvalue weighted by molar-refractivity contribution is -0.384. The van der Waals surface area contributed by atoms with Gasteiger partial charge < -0.3 is 4.42 Å². The highest BCUT2D eigenvalue weighted by Gasteiger charge is 2.14. The lowest BCUT2D eigenvalue weighted by Gasteiger charge is -2.02. The van der Waals surface area contributed by atoms with E-state index in [0.29, 0.717) is 28.3 Å². The van der Waals surface area contributed by atoms with Crippen molar-refractivity contribution in [3.05, 3.63) is 70.6 Å². The van der Waals surface area contributed by atoms with Crippen LogP contribution in [0, 0.1) is 10.1 Å². The van der Waals surface area contributed by atoms with Gasteiger partial charge >= 0.3 is 0 Å². The Kier molecular flexibility index (Phi) is 4.58. The number of hydrogen-bond acceptors (Lipinski definition) is 9. The van der Waals surface area contributed by atoms with Crippen molar-refractivity contribution in [3.8, 4) is 17.1 Å². The van der Waals surface area contributed by atoms with Crippen molar-refractivity contribution in [2.24, 2.45) is 0 Å². The first-order valence-corrected chi connectivity index (χ1v) is 8.73. The average molecular weight is 381 g/mol. The van der Waals surface area contributed by atoms with E-state index in [9.17, 15) is 10.1 Å². The maximum atomic E-state index is 10.7. The molecule has 11 heteroatoms. The van der Waals surface area contributed by atoms with Crippen molar-refractivity contribution in [1.82, 2.24) is 30.4 Å². The van der Waals surface area contributed by atoms with Gasteiger partial charge in [-0.2, -0.15) is 4.68 Å². The number of rotatable bonds is 6. The number of hydrogen-bond donors (Lipinski definition) is 0. The van der Waals surface area contributed by atoms with Gasteiger partial charge in [0, 0.05) is 17.7 Å². The third-order valence-corrected chi connectivity index (χ3v) is 4.46. The molecule has 0 aliphatic heterocycles. The van der Waals surface area contributed by atoms with Crippen molar-refractivity contribution >= 4 is 17.4 Å². The van der Waals surface area contributed by atoms with E-state index in [2.05, 4.69) is 25.7 Å². The highest BCUT2D eigenvalue weighted by Crippen LogP contribution is 2.25. The molecule has 0 spiro atoms. The van der Waals surface area contributed by atoms with Crippen LogP contribution in [0.3, 0.4) is 0 Å². The first kappa shape index (κ1) is 16.8. The van der Waals surface area contributed by atoms with E-state index in [-0.39, 0.29) is 5.69 Å². The number of tetrazole rings is 1. The third kappa shape index (κ3) is 3.67. The van der Waals surface area contributed by atoms with Crippen LogP contribution < -0.4 is 0 Å². The molecule has 134 valence electrons. The summed E-state index contributed by atoms with van der Waals surface area (Å²) in [5.74, 6) is 1.08. The fraction of sp³-hybridized carbons (Fsp3) is 0.0625. The number of nitro groups is 1. The lowest BCUT2D eigenvalue weighted by Crippen LogP contribution is -1.98. The van der Waals surface area contributed by atoms with Gasteiger partial charge in [-0.25, -0.2) is 0 Å². The Bertz CT molecular complexity index is 1060. The van der Waals surface area contributed by atoms with Crippen LogP contribution in [0.25, 0.3) is 17.1 Å². The summed E-state index contributed by atoms with van der Waals surface area (Å²) in [6.45, 7) is 0. The monoisotopic (exact) mass is 381 g/mol. The summed E-state index contributed by atoms with van der Waals surface area (Å²) in [7, 11) is 0. The highest BCUT2D eigenvalue weighted by atomic mass is 32.2. The molecule has 0 bridgehead atoms. The summed E-state index contributed by atoms with van der Waals surface area (Å²) in [6, 6.07) is 15.4. The van der Waals surface area contributed by atoms with E-state index < -0.39 is 4.92 Å². The number of nitro benzene ring substituents is 1. The van der Waals surface area contributed by atoms with Crippen molar-refractivity contribution in [3.63, 3.8) is 0 Å². The molecule has 4 rings (SSSR count). The zero-order valence-electron chi connectivity index (χ0n) is 13.7. The van der Waals surface area contributed by atoms with Crippen molar-refractivity contribution in [2.45, 2.75) is 10.9 Å². The zero-order valence-corrected chi connectivity index (χ0v) is 14.5. The SMILES string of the molecule is O=[N+]([O-])c1ccc(-c2nnc(CSc3nnnn3-c3ccccc3)o2)cc1. The van der Waals surface area contributed by atoms with E-state index in [0.717, 1.165) is 5.69 Å². The summed E-state index contributed by atoms with van der Waals surface area (Å²) in [5, 5.41) is 31.0. The van der Waals surface area contributed by atoms with Gasteiger partial charge in [0.25, 0.3) is 5.69 Å². The molecule has 0 saturated heterocycles. The van der Waals surface area contributed by atoms with E-state index in [4.69, 9.17) is 4.42 Å². The van der Waals surface area contributed by atoms with Crippen LogP contribution in [0.2, 0.25) is 0 Å². The predicted molar refractivity (Wildman–Crippen MR) is 95.1 cm³/mol. The number of aromatic nitrogens is 6. The first-order valence-electron chi connectivity index (χ1n) is 7.74. The summed E-state index contributed by atoms with van der Waals surface area (Å²) in [5.41, 5.74) is 1.46. The van der Waals surface area contributed by atoms with E-state index >= 15 is 0 Å². The van der Waals surface area contributed by atoms with Gasteiger partial charge in [-0.1, -0.05) is 30.0 Å². The van der Waals surface area contributed by atoms with Gasteiger partial charge in [0.2, 0.25) is 16.9 Å². The molecule has 10 nitrogen and oxygen atoms in total. The molecule has 2 aromatic carbocycles. The highest BCUT2D eigenvalue weighted by molar-refractivity contribution is 7.98. The largest absolute Gasteiger partial charge is 0.420 e. The minimum Gasteiger partial charge on any atom is -0.420 e. The minimum absolute atomic E-state index is 0.00166. The van der Waals surface area contributed by atoms with Crippen LogP contribution in [-0.2, 0) is 5.75 Å². The topological polar surface area (TPSA) is 126 Å². The van der Waals surface area contributed by atoms with E-state index in [1.807, 2.05) is 30.3 Å². The maximum absolute atomic E-state index is 10.7. The molecule has 0 aliphatic carbocycles. The molecule has 2 aromatic heterocycles. The smallest absolute Gasteiger partial charge is 0.269 e. The molecule has 27 heavy (non-hydrogen) atoms. The second-order valence-corrected chi connectivity index (χ2v) is 6.24. The molecule has 0 aliphatic rings. The van der Waals surface area contributed by atoms with Crippen LogP contribution >= 0.6 is 11.8 Å². The average Bonchev–Trinajstić information content (AvgIpc) is 3.36. The Balaban J connectivity index is 1.46. The summed E-state index contributed by atoms with van der Waals surface area (Å²) < 4.78 is 7.25. The fourth-order valence-corrected chi connectivity index (χ4v) is 3.01. The van der Waals surface area contributed by atoms with Crippen molar-refractivity contribution < 1.29 is 9.34 Å². The Labute approximate surface area is 156 Å². The summed E-state index contributed by atoms with van der Waals surface area (Å²) in [6.07, 6.45) is 0. The van der Waals surface area contributed by atoms with Crippen LogP contribution in [0.1, 0.15) is 5.89 Å². The predicted octanol–water partition coefficient (Wildman–Crippen LogP) is 2.91. The third-order valence-electron chi connectivity index (χ3n) is 3.56. The number of thioether (sulfide) groups is 1. The van der Waals surface area contributed by atoms with Gasteiger partial charge in [0.05, 0.1) is 16.4 Å². The molecule has 0 atom stereocenters. The minimum atomic E-state index is -0.462. The second-order valence-electron chi connectivity index (χ2n) is 5.30. The van der Waals surface area contributed by atoms with Gasteiger partial charge in [-0.3, -0.25) is 10.1 Å². The quantitative estimate of drug-likeness (QED) is 0.281. The van der Waals surface area contributed by atoms with E-state index in [1.165, 1.54) is 23.9 Å². The normalized spacial score (nSPS) is 10.8. The molecule has 2 heterocycles. The molecule has 0 saturated carbocycles.